The number of thiophene rings is 2. The summed E-state index contributed by atoms with van der Waals surface area (Å²) in [6.45, 7) is 0. The minimum Gasteiger partial charge on any atom is -0.321 e. The number of nitrogens with one attached hydrogen (secondary N) is 1. The first-order chi connectivity index (χ1) is 9.26. The quantitative estimate of drug-likeness (QED) is 0.652. The number of benzene rings is 1. The zero-order valence-corrected chi connectivity index (χ0v) is 13.1. The molecule has 2 nitrogen and oxygen atoms in total. The number of rotatable bonds is 3. The maximum atomic E-state index is 12.2. The van der Waals surface area contributed by atoms with E-state index in [1.54, 1.807) is 11.3 Å². The second-order valence-electron chi connectivity index (χ2n) is 4.05. The van der Waals surface area contributed by atoms with Gasteiger partial charge in [0.15, 0.2) is 0 Å². The molecule has 0 aliphatic carbocycles. The number of hydrogen-bond donors (Lipinski definition) is 1. The summed E-state index contributed by atoms with van der Waals surface area (Å²) in [7, 11) is 0. The van der Waals surface area contributed by atoms with Crippen LogP contribution in [0.3, 0.4) is 0 Å². The molecule has 19 heavy (non-hydrogen) atoms. The van der Waals surface area contributed by atoms with Crippen LogP contribution in [0.5, 0.6) is 0 Å². The van der Waals surface area contributed by atoms with Crippen LogP contribution in [0.15, 0.2) is 41.8 Å². The topological polar surface area (TPSA) is 29.1 Å². The Bertz CT molecular complexity index is 703. The summed E-state index contributed by atoms with van der Waals surface area (Å²) in [6.07, 6.45) is 0. The Kier molecular flexibility index (Phi) is 3.68. The maximum absolute atomic E-state index is 12.2. The standard InChI is InChI=1S/C14H10BrNOS2/c15-8-9-2-1-3-10(6-9)16-14(17)13-7-12-11(19-13)4-5-18-12/h1-7H,8H2,(H,16,17). The molecular weight excluding hydrogens is 342 g/mol. The zero-order chi connectivity index (χ0) is 13.2. The molecule has 3 aromatic rings. The molecule has 1 N–H and O–H groups in total. The number of fused-ring (bicyclic) bond motifs is 1. The molecule has 0 atom stereocenters. The summed E-state index contributed by atoms with van der Waals surface area (Å²) in [4.78, 5) is 12.9. The van der Waals surface area contributed by atoms with Gasteiger partial charge in [0.25, 0.3) is 5.91 Å². The summed E-state index contributed by atoms with van der Waals surface area (Å²) in [5, 5.41) is 5.77. The highest BCUT2D eigenvalue weighted by atomic mass is 79.9. The van der Waals surface area contributed by atoms with Crippen LogP contribution in [0.1, 0.15) is 15.2 Å². The van der Waals surface area contributed by atoms with E-state index in [4.69, 9.17) is 0 Å². The van der Waals surface area contributed by atoms with Crippen molar-refractivity contribution < 1.29 is 4.79 Å². The molecule has 3 rings (SSSR count). The van der Waals surface area contributed by atoms with Crippen LogP contribution < -0.4 is 5.32 Å². The third kappa shape index (κ3) is 2.73. The molecule has 1 amide bonds. The Morgan fingerprint density at radius 1 is 1.21 bits per heavy atom. The summed E-state index contributed by atoms with van der Waals surface area (Å²) in [6, 6.07) is 11.8. The first kappa shape index (κ1) is 12.8. The van der Waals surface area contributed by atoms with Gasteiger partial charge in [-0.2, -0.15) is 0 Å². The van der Waals surface area contributed by atoms with Gasteiger partial charge in [-0.3, -0.25) is 4.79 Å². The van der Waals surface area contributed by atoms with Crippen molar-refractivity contribution in [2.24, 2.45) is 0 Å². The Morgan fingerprint density at radius 2 is 2.11 bits per heavy atom. The smallest absolute Gasteiger partial charge is 0.265 e. The second kappa shape index (κ2) is 5.45. The van der Waals surface area contributed by atoms with Crippen LogP contribution in [-0.4, -0.2) is 5.91 Å². The third-order valence-corrected chi connectivity index (χ3v) is 5.44. The summed E-state index contributed by atoms with van der Waals surface area (Å²) < 4.78 is 2.34. The van der Waals surface area contributed by atoms with E-state index in [2.05, 4.69) is 21.2 Å². The fourth-order valence-electron chi connectivity index (χ4n) is 1.80. The largest absolute Gasteiger partial charge is 0.321 e. The molecule has 0 spiro atoms. The van der Waals surface area contributed by atoms with Gasteiger partial charge in [0.05, 0.1) is 4.88 Å². The maximum Gasteiger partial charge on any atom is 0.265 e. The Morgan fingerprint density at radius 3 is 2.89 bits per heavy atom. The van der Waals surface area contributed by atoms with Gasteiger partial charge in [-0.1, -0.05) is 28.1 Å². The third-order valence-electron chi connectivity index (χ3n) is 2.70. The van der Waals surface area contributed by atoms with Crippen LogP contribution in [-0.2, 0) is 5.33 Å². The van der Waals surface area contributed by atoms with E-state index in [9.17, 15) is 4.79 Å². The fraction of sp³-hybridized carbons (Fsp3) is 0.0714. The molecular formula is C14H10BrNOS2. The number of halogens is 1. The van der Waals surface area contributed by atoms with E-state index in [0.717, 1.165) is 21.5 Å². The molecule has 0 unspecified atom stereocenters. The van der Waals surface area contributed by atoms with E-state index in [-0.39, 0.29) is 5.91 Å². The molecule has 2 heterocycles. The van der Waals surface area contributed by atoms with Crippen molar-refractivity contribution in [1.82, 2.24) is 0 Å². The van der Waals surface area contributed by atoms with Crippen molar-refractivity contribution in [3.05, 3.63) is 52.2 Å². The molecule has 2 aromatic heterocycles. The minimum absolute atomic E-state index is 0.0416. The van der Waals surface area contributed by atoms with Crippen LogP contribution in [0.2, 0.25) is 0 Å². The van der Waals surface area contributed by atoms with Crippen molar-refractivity contribution in [3.63, 3.8) is 0 Å². The van der Waals surface area contributed by atoms with E-state index in [1.807, 2.05) is 41.8 Å². The van der Waals surface area contributed by atoms with Crippen LogP contribution >= 0.6 is 38.6 Å². The predicted octanol–water partition coefficient (Wildman–Crippen LogP) is 5.11. The minimum atomic E-state index is -0.0416. The first-order valence-electron chi connectivity index (χ1n) is 5.69. The highest BCUT2D eigenvalue weighted by Crippen LogP contribution is 2.30. The number of alkyl halides is 1. The summed E-state index contributed by atoms with van der Waals surface area (Å²) in [5.74, 6) is -0.0416. The average molecular weight is 352 g/mol. The van der Waals surface area contributed by atoms with Crippen LogP contribution in [0.25, 0.3) is 9.40 Å². The zero-order valence-electron chi connectivity index (χ0n) is 9.85. The van der Waals surface area contributed by atoms with Gasteiger partial charge in [-0.25, -0.2) is 0 Å². The highest BCUT2D eigenvalue weighted by molar-refractivity contribution is 9.08. The fourth-order valence-corrected chi connectivity index (χ4v) is 4.16. The number of carbonyl (C=O) groups is 1. The average Bonchev–Trinajstić information content (AvgIpc) is 2.99. The van der Waals surface area contributed by atoms with Crippen molar-refractivity contribution in [2.45, 2.75) is 5.33 Å². The molecule has 0 aliphatic heterocycles. The number of anilines is 1. The molecule has 5 heteroatoms. The summed E-state index contributed by atoms with van der Waals surface area (Å²) >= 11 is 6.60. The van der Waals surface area contributed by atoms with Gasteiger partial charge in [0, 0.05) is 20.4 Å². The molecule has 96 valence electrons. The normalized spacial score (nSPS) is 10.8. The van der Waals surface area contributed by atoms with Crippen molar-refractivity contribution >= 4 is 59.6 Å². The SMILES string of the molecule is O=C(Nc1cccc(CBr)c1)c1cc2sccc2s1. The molecule has 0 radical (unpaired) electrons. The Labute approximate surface area is 127 Å². The van der Waals surface area contributed by atoms with Gasteiger partial charge < -0.3 is 5.32 Å². The second-order valence-corrected chi connectivity index (χ2v) is 6.64. The van der Waals surface area contributed by atoms with Gasteiger partial charge in [-0.15, -0.1) is 22.7 Å². The number of hydrogen-bond acceptors (Lipinski definition) is 3. The van der Waals surface area contributed by atoms with E-state index in [1.165, 1.54) is 20.7 Å². The molecule has 0 saturated carbocycles. The van der Waals surface area contributed by atoms with Gasteiger partial charge in [0.2, 0.25) is 0 Å². The van der Waals surface area contributed by atoms with Gasteiger partial charge >= 0.3 is 0 Å². The molecule has 0 aliphatic rings. The lowest BCUT2D eigenvalue weighted by atomic mass is 10.2. The predicted molar refractivity (Wildman–Crippen MR) is 86.7 cm³/mol. The van der Waals surface area contributed by atoms with E-state index < -0.39 is 0 Å². The highest BCUT2D eigenvalue weighted by Gasteiger charge is 2.11. The summed E-state index contributed by atoms with van der Waals surface area (Å²) in [5.41, 5.74) is 1.98. The van der Waals surface area contributed by atoms with E-state index in [0.29, 0.717) is 0 Å². The Balaban J connectivity index is 1.82. The monoisotopic (exact) mass is 351 g/mol. The Hall–Kier alpha value is -1.17. The molecule has 0 saturated heterocycles. The van der Waals surface area contributed by atoms with Gasteiger partial charge in [0.1, 0.15) is 0 Å². The lowest BCUT2D eigenvalue weighted by Crippen LogP contribution is -2.10. The lowest BCUT2D eigenvalue weighted by Gasteiger charge is -2.04. The van der Waals surface area contributed by atoms with Crippen LogP contribution in [0, 0.1) is 0 Å². The number of carbonyl (C=O) groups excluding carboxylic acids is 1. The number of amides is 1. The molecule has 0 fully saturated rings. The van der Waals surface area contributed by atoms with E-state index >= 15 is 0 Å². The molecule has 0 bridgehead atoms. The van der Waals surface area contributed by atoms with Crippen molar-refractivity contribution in [3.8, 4) is 0 Å². The first-order valence-corrected chi connectivity index (χ1v) is 8.51. The van der Waals surface area contributed by atoms with Crippen molar-refractivity contribution in [2.75, 3.05) is 5.32 Å². The molecule has 1 aromatic carbocycles. The van der Waals surface area contributed by atoms with Crippen LogP contribution in [0.4, 0.5) is 5.69 Å². The van der Waals surface area contributed by atoms with Crippen molar-refractivity contribution in [1.29, 1.82) is 0 Å². The lowest BCUT2D eigenvalue weighted by molar-refractivity contribution is 0.103. The van der Waals surface area contributed by atoms with Gasteiger partial charge in [-0.05, 0) is 35.2 Å².